The Morgan fingerprint density at radius 2 is 1.58 bits per heavy atom. The first kappa shape index (κ1) is 22.8. The molecule has 0 amide bonds. The Morgan fingerprint density at radius 1 is 0.903 bits per heavy atom. The smallest absolute Gasteiger partial charge is 0.0324 e. The molecule has 4 rings (SSSR count). The third-order valence-electron chi connectivity index (χ3n) is 5.40. The van der Waals surface area contributed by atoms with Crippen molar-refractivity contribution in [2.75, 3.05) is 0 Å². The van der Waals surface area contributed by atoms with E-state index in [0.29, 0.717) is 0 Å². The highest BCUT2D eigenvalue weighted by Gasteiger charge is 2.22. The van der Waals surface area contributed by atoms with Crippen molar-refractivity contribution in [3.63, 3.8) is 0 Å². The van der Waals surface area contributed by atoms with Crippen LogP contribution in [0.3, 0.4) is 0 Å². The van der Waals surface area contributed by atoms with Gasteiger partial charge in [0.25, 0.3) is 0 Å². The fraction of sp³-hybridized carbons (Fsp3) is 0.200. The molecule has 1 aromatic heterocycles. The van der Waals surface area contributed by atoms with Gasteiger partial charge in [-0.25, -0.2) is 0 Å². The van der Waals surface area contributed by atoms with E-state index in [1.807, 2.05) is 25.2 Å². The number of hydrogen-bond acceptors (Lipinski definition) is 1. The van der Waals surface area contributed by atoms with Crippen LogP contribution in [0.15, 0.2) is 91.0 Å². The van der Waals surface area contributed by atoms with E-state index in [1.54, 1.807) is 0 Å². The Balaban J connectivity index is 0.00000132. The van der Waals surface area contributed by atoms with Crippen molar-refractivity contribution in [3.8, 4) is 0 Å². The standard InChI is InChI=1S/C28H26S.C2H6/c1-3-4-7-17-24-25-18-12-19-28(2,23-15-10-6-11-16-23)21-27(25)29-26(24)20-22-13-8-5-9-14-22;1-2/h3-19,21H,20H2,1-2H3;1-2H3/b4-3-,17-7-;. The van der Waals surface area contributed by atoms with Crippen LogP contribution in [0.2, 0.25) is 0 Å². The Bertz CT molecular complexity index is 1170. The number of allylic oxidation sites excluding steroid dienone is 5. The van der Waals surface area contributed by atoms with Crippen LogP contribution in [0.5, 0.6) is 0 Å². The predicted molar refractivity (Wildman–Crippen MR) is 140 cm³/mol. The molecular weight excluding hydrogens is 392 g/mol. The van der Waals surface area contributed by atoms with Gasteiger partial charge in [-0.2, -0.15) is 0 Å². The largest absolute Gasteiger partial charge is 0.140 e. The molecule has 0 radical (unpaired) electrons. The van der Waals surface area contributed by atoms with Crippen molar-refractivity contribution in [3.05, 3.63) is 122 Å². The minimum absolute atomic E-state index is 0.109. The summed E-state index contributed by atoms with van der Waals surface area (Å²) in [4.78, 5) is 1.42. The van der Waals surface area contributed by atoms with Gasteiger partial charge in [-0.3, -0.25) is 0 Å². The highest BCUT2D eigenvalue weighted by atomic mass is 32.1. The molecule has 0 bridgehead atoms. The predicted octanol–water partition coefficient (Wildman–Crippen LogP) is 7.04. The highest BCUT2D eigenvalue weighted by molar-refractivity contribution is 7.10. The van der Waals surface area contributed by atoms with E-state index in [0.717, 1.165) is 6.42 Å². The Labute approximate surface area is 191 Å². The first-order valence-corrected chi connectivity index (χ1v) is 11.9. The lowest BCUT2D eigenvalue weighted by molar-refractivity contribution is 0.806. The zero-order chi connectivity index (χ0) is 22.1. The summed E-state index contributed by atoms with van der Waals surface area (Å²) in [7, 11) is 0. The lowest BCUT2D eigenvalue weighted by atomic mass is 9.82. The molecule has 1 aliphatic rings. The van der Waals surface area contributed by atoms with E-state index >= 15 is 0 Å². The maximum atomic E-state index is 2.43. The third-order valence-corrected chi connectivity index (χ3v) is 6.56. The Hall–Kier alpha value is -2.90. The molecule has 2 aromatic carbocycles. The summed E-state index contributed by atoms with van der Waals surface area (Å²) in [6, 6.07) is 21.5. The second-order valence-corrected chi connectivity index (χ2v) is 8.72. The van der Waals surface area contributed by atoms with Gasteiger partial charge in [-0.15, -0.1) is 11.3 Å². The molecule has 1 heterocycles. The van der Waals surface area contributed by atoms with Gasteiger partial charge in [0.05, 0.1) is 0 Å². The molecule has 0 saturated heterocycles. The van der Waals surface area contributed by atoms with Crippen molar-refractivity contribution >= 4 is 29.6 Å². The molecule has 0 nitrogen and oxygen atoms in total. The monoisotopic (exact) mass is 424 g/mol. The fourth-order valence-electron chi connectivity index (χ4n) is 3.80. The molecule has 1 unspecified atom stereocenters. The van der Waals surface area contributed by atoms with Crippen LogP contribution in [-0.2, 0) is 11.8 Å². The van der Waals surface area contributed by atoms with Crippen LogP contribution in [0.25, 0.3) is 18.2 Å². The number of rotatable bonds is 5. The third kappa shape index (κ3) is 5.42. The SMILES string of the molecule is C/C=C\C=C/c1c(Cc2ccccc2)sc2c1=CC=CC(C)(c1ccccc1)C=2.CC. The average Bonchev–Trinajstić information content (AvgIpc) is 3.01. The zero-order valence-corrected chi connectivity index (χ0v) is 19.8. The van der Waals surface area contributed by atoms with Gasteiger partial charge in [0.2, 0.25) is 0 Å². The molecule has 0 spiro atoms. The summed E-state index contributed by atoms with van der Waals surface area (Å²) in [5.74, 6) is 0. The summed E-state index contributed by atoms with van der Waals surface area (Å²) >= 11 is 1.92. The van der Waals surface area contributed by atoms with Crippen molar-refractivity contribution in [2.24, 2.45) is 0 Å². The lowest BCUT2D eigenvalue weighted by Gasteiger charge is -2.21. The van der Waals surface area contributed by atoms with E-state index in [-0.39, 0.29) is 5.41 Å². The summed E-state index contributed by atoms with van der Waals surface area (Å²) in [6.45, 7) is 8.35. The Kier molecular flexibility index (Phi) is 8.03. The first-order valence-electron chi connectivity index (χ1n) is 11.1. The minimum atomic E-state index is -0.109. The summed E-state index contributed by atoms with van der Waals surface area (Å²) < 4.78 is 1.35. The molecule has 0 saturated carbocycles. The van der Waals surface area contributed by atoms with Gasteiger partial charge in [-0.1, -0.05) is 123 Å². The number of hydrogen-bond donors (Lipinski definition) is 0. The lowest BCUT2D eigenvalue weighted by Crippen LogP contribution is -2.24. The van der Waals surface area contributed by atoms with Gasteiger partial charge in [0.1, 0.15) is 0 Å². The molecule has 1 atom stereocenters. The normalized spacial score (nSPS) is 17.4. The van der Waals surface area contributed by atoms with Crippen LogP contribution in [-0.4, -0.2) is 0 Å². The molecule has 0 N–H and O–H groups in total. The molecule has 1 heteroatoms. The fourth-order valence-corrected chi connectivity index (χ4v) is 5.19. The molecule has 1 aliphatic carbocycles. The molecular formula is C30H32S. The number of benzene rings is 2. The van der Waals surface area contributed by atoms with Crippen molar-refractivity contribution in [1.82, 2.24) is 0 Å². The van der Waals surface area contributed by atoms with Gasteiger partial charge in [-0.05, 0) is 35.8 Å². The van der Waals surface area contributed by atoms with Gasteiger partial charge in [0.15, 0.2) is 0 Å². The van der Waals surface area contributed by atoms with Gasteiger partial charge < -0.3 is 0 Å². The van der Waals surface area contributed by atoms with Gasteiger partial charge >= 0.3 is 0 Å². The van der Waals surface area contributed by atoms with Crippen LogP contribution in [0.4, 0.5) is 0 Å². The van der Waals surface area contributed by atoms with Crippen LogP contribution in [0, 0.1) is 0 Å². The number of thiophene rings is 1. The molecule has 158 valence electrons. The maximum Gasteiger partial charge on any atom is 0.0324 e. The summed E-state index contributed by atoms with van der Waals surface area (Å²) in [6.07, 6.45) is 18.8. The summed E-state index contributed by atoms with van der Waals surface area (Å²) in [5, 5.41) is 1.33. The Morgan fingerprint density at radius 3 is 2.26 bits per heavy atom. The topological polar surface area (TPSA) is 0 Å². The molecule has 0 aliphatic heterocycles. The second kappa shape index (κ2) is 10.9. The molecule has 3 aromatic rings. The average molecular weight is 425 g/mol. The van der Waals surface area contributed by atoms with E-state index < -0.39 is 0 Å². The van der Waals surface area contributed by atoms with Crippen molar-refractivity contribution in [2.45, 2.75) is 39.5 Å². The van der Waals surface area contributed by atoms with E-state index in [4.69, 9.17) is 0 Å². The van der Waals surface area contributed by atoms with Gasteiger partial charge in [0, 0.05) is 21.2 Å². The summed E-state index contributed by atoms with van der Waals surface area (Å²) in [5.41, 5.74) is 3.90. The van der Waals surface area contributed by atoms with Crippen LogP contribution < -0.4 is 9.75 Å². The number of fused-ring (bicyclic) bond motifs is 1. The first-order chi connectivity index (χ1) is 15.2. The van der Waals surface area contributed by atoms with E-state index in [9.17, 15) is 0 Å². The molecule has 0 fully saturated rings. The van der Waals surface area contributed by atoms with Crippen LogP contribution in [0.1, 0.15) is 49.3 Å². The quantitative estimate of drug-likeness (QED) is 0.385. The second-order valence-electron chi connectivity index (χ2n) is 7.58. The van der Waals surface area contributed by atoms with Crippen LogP contribution >= 0.6 is 11.3 Å². The van der Waals surface area contributed by atoms with E-state index in [1.165, 1.54) is 31.3 Å². The molecule has 31 heavy (non-hydrogen) atoms. The zero-order valence-electron chi connectivity index (χ0n) is 19.0. The highest BCUT2D eigenvalue weighted by Crippen LogP contribution is 2.29. The van der Waals surface area contributed by atoms with Crippen molar-refractivity contribution < 1.29 is 0 Å². The van der Waals surface area contributed by atoms with Crippen molar-refractivity contribution in [1.29, 1.82) is 0 Å². The minimum Gasteiger partial charge on any atom is -0.140 e. The van der Waals surface area contributed by atoms with E-state index in [2.05, 4.69) is 123 Å². The maximum absolute atomic E-state index is 2.43.